The molecule has 2 rings (SSSR count). The predicted octanol–water partition coefficient (Wildman–Crippen LogP) is 2.54. The lowest BCUT2D eigenvalue weighted by atomic mass is 10.0. The molecule has 0 unspecified atom stereocenters. The van der Waals surface area contributed by atoms with Crippen molar-refractivity contribution in [2.24, 2.45) is 0 Å². The zero-order valence-electron chi connectivity index (χ0n) is 9.25. The summed E-state index contributed by atoms with van der Waals surface area (Å²) >= 11 is 0. The fourth-order valence-electron chi connectivity index (χ4n) is 2.62. The lowest BCUT2D eigenvalue weighted by Gasteiger charge is -2.36. The molecule has 1 saturated heterocycles. The summed E-state index contributed by atoms with van der Waals surface area (Å²) in [5.74, 6) is 0. The van der Waals surface area contributed by atoms with Gasteiger partial charge in [-0.2, -0.15) is 5.06 Å². The Morgan fingerprint density at radius 2 is 1.64 bits per heavy atom. The van der Waals surface area contributed by atoms with Crippen molar-refractivity contribution < 1.29 is 9.94 Å². The second-order valence-corrected chi connectivity index (χ2v) is 5.27. The molecule has 82 valence electrons. The van der Waals surface area contributed by atoms with Gasteiger partial charge in [-0.1, -0.05) is 12.8 Å². The second kappa shape index (κ2) is 3.47. The van der Waals surface area contributed by atoms with Gasteiger partial charge in [-0.3, -0.25) is 0 Å². The predicted molar refractivity (Wildman–Crippen MR) is 54.1 cm³/mol. The highest BCUT2D eigenvalue weighted by Gasteiger charge is 2.51. The number of hydrogen-bond donors (Lipinski definition) is 1. The molecule has 0 radical (unpaired) electrons. The number of hydroxylamine groups is 2. The van der Waals surface area contributed by atoms with Gasteiger partial charge in [0.1, 0.15) is 5.72 Å². The molecule has 2 fully saturated rings. The molecule has 1 saturated carbocycles. The van der Waals surface area contributed by atoms with Crippen LogP contribution in [0.4, 0.5) is 0 Å². The molecule has 14 heavy (non-hydrogen) atoms. The molecule has 1 N–H and O–H groups in total. The van der Waals surface area contributed by atoms with Crippen LogP contribution < -0.4 is 0 Å². The van der Waals surface area contributed by atoms with E-state index in [1.54, 1.807) is 0 Å². The van der Waals surface area contributed by atoms with Gasteiger partial charge in [-0.25, -0.2) is 0 Å². The van der Waals surface area contributed by atoms with E-state index in [2.05, 4.69) is 0 Å². The van der Waals surface area contributed by atoms with E-state index >= 15 is 0 Å². The first-order valence-corrected chi connectivity index (χ1v) is 5.70. The topological polar surface area (TPSA) is 32.7 Å². The lowest BCUT2D eigenvalue weighted by molar-refractivity contribution is -0.254. The lowest BCUT2D eigenvalue weighted by Crippen LogP contribution is -2.50. The van der Waals surface area contributed by atoms with E-state index in [0.717, 1.165) is 12.8 Å². The quantitative estimate of drug-likeness (QED) is 0.650. The summed E-state index contributed by atoms with van der Waals surface area (Å²) < 4.78 is 5.86. The normalized spacial score (nSPS) is 31.9. The Kier molecular flexibility index (Phi) is 2.58. The monoisotopic (exact) mass is 199 g/mol. The Hall–Kier alpha value is -0.120. The second-order valence-electron chi connectivity index (χ2n) is 5.27. The first-order valence-electron chi connectivity index (χ1n) is 5.70. The smallest absolute Gasteiger partial charge is 0.144 e. The molecule has 0 aromatic carbocycles. The summed E-state index contributed by atoms with van der Waals surface area (Å²) in [6.07, 6.45) is 6.86. The average molecular weight is 199 g/mol. The number of ether oxygens (including phenoxy) is 1. The Balaban J connectivity index is 2.15. The van der Waals surface area contributed by atoms with Gasteiger partial charge in [0.15, 0.2) is 0 Å². The van der Waals surface area contributed by atoms with Crippen molar-refractivity contribution in [1.29, 1.82) is 0 Å². The first kappa shape index (κ1) is 10.4. The van der Waals surface area contributed by atoms with Crippen molar-refractivity contribution in [1.82, 2.24) is 5.06 Å². The molecule has 0 amide bonds. The van der Waals surface area contributed by atoms with E-state index in [9.17, 15) is 5.21 Å². The van der Waals surface area contributed by atoms with Gasteiger partial charge in [0, 0.05) is 0 Å². The Bertz CT molecular complexity index is 202. The fourth-order valence-corrected chi connectivity index (χ4v) is 2.62. The number of hydrogen-bond acceptors (Lipinski definition) is 3. The third-order valence-electron chi connectivity index (χ3n) is 3.54. The summed E-state index contributed by atoms with van der Waals surface area (Å²) in [6, 6.07) is 0. The molecule has 1 aliphatic heterocycles. The van der Waals surface area contributed by atoms with E-state index in [1.165, 1.54) is 30.7 Å². The van der Waals surface area contributed by atoms with Crippen LogP contribution in [0.3, 0.4) is 0 Å². The molecule has 1 aliphatic carbocycles. The van der Waals surface area contributed by atoms with E-state index in [-0.39, 0.29) is 11.3 Å². The van der Waals surface area contributed by atoms with Gasteiger partial charge in [0.2, 0.25) is 0 Å². The van der Waals surface area contributed by atoms with Crippen LogP contribution in [0.1, 0.15) is 52.4 Å². The van der Waals surface area contributed by atoms with Crippen molar-refractivity contribution in [3.8, 4) is 0 Å². The van der Waals surface area contributed by atoms with E-state index in [4.69, 9.17) is 4.74 Å². The molecule has 0 aromatic rings. The highest BCUT2D eigenvalue weighted by Crippen LogP contribution is 2.41. The maximum atomic E-state index is 10.2. The molecule has 1 heterocycles. The van der Waals surface area contributed by atoms with Crippen LogP contribution in [0.15, 0.2) is 0 Å². The highest BCUT2D eigenvalue weighted by atomic mass is 16.6. The van der Waals surface area contributed by atoms with Crippen LogP contribution in [0.5, 0.6) is 0 Å². The van der Waals surface area contributed by atoms with E-state index in [0.29, 0.717) is 6.61 Å². The van der Waals surface area contributed by atoms with Gasteiger partial charge in [-0.15, -0.1) is 0 Å². The third kappa shape index (κ3) is 1.58. The van der Waals surface area contributed by atoms with Crippen LogP contribution in [0, 0.1) is 0 Å². The third-order valence-corrected chi connectivity index (χ3v) is 3.54. The minimum Gasteiger partial charge on any atom is -0.356 e. The van der Waals surface area contributed by atoms with Gasteiger partial charge in [0.05, 0.1) is 12.1 Å². The number of nitrogens with zero attached hydrogens (tertiary/aromatic N) is 1. The minimum absolute atomic E-state index is 0.218. The van der Waals surface area contributed by atoms with Gasteiger partial charge in [-0.05, 0) is 39.5 Å². The van der Waals surface area contributed by atoms with Crippen LogP contribution >= 0.6 is 0 Å². The van der Waals surface area contributed by atoms with Crippen LogP contribution in [-0.4, -0.2) is 28.1 Å². The maximum Gasteiger partial charge on any atom is 0.144 e. The molecular formula is C11H21NO2. The molecule has 0 aromatic heterocycles. The van der Waals surface area contributed by atoms with Crippen LogP contribution in [0.25, 0.3) is 0 Å². The summed E-state index contributed by atoms with van der Waals surface area (Å²) in [7, 11) is 0. The van der Waals surface area contributed by atoms with Crippen molar-refractivity contribution in [3.63, 3.8) is 0 Å². The zero-order valence-corrected chi connectivity index (χ0v) is 9.25. The molecule has 0 atom stereocenters. The molecule has 3 heteroatoms. The fraction of sp³-hybridized carbons (Fsp3) is 1.00. The van der Waals surface area contributed by atoms with Gasteiger partial charge < -0.3 is 9.94 Å². The summed E-state index contributed by atoms with van der Waals surface area (Å²) in [4.78, 5) is 0. The molecular weight excluding hydrogens is 178 g/mol. The van der Waals surface area contributed by atoms with Crippen LogP contribution in [-0.2, 0) is 4.74 Å². The maximum absolute atomic E-state index is 10.2. The van der Waals surface area contributed by atoms with Crippen molar-refractivity contribution >= 4 is 0 Å². The first-order chi connectivity index (χ1) is 6.57. The van der Waals surface area contributed by atoms with E-state index in [1.807, 2.05) is 13.8 Å². The van der Waals surface area contributed by atoms with Crippen molar-refractivity contribution in [2.75, 3.05) is 6.61 Å². The molecule has 1 spiro atoms. The van der Waals surface area contributed by atoms with Crippen molar-refractivity contribution in [3.05, 3.63) is 0 Å². The minimum atomic E-state index is -0.361. The zero-order chi connectivity index (χ0) is 10.2. The summed E-state index contributed by atoms with van der Waals surface area (Å²) in [5, 5.41) is 11.6. The molecule has 0 bridgehead atoms. The van der Waals surface area contributed by atoms with E-state index < -0.39 is 0 Å². The standard InChI is InChI=1S/C11H21NO2/c1-10(2)9-14-11(12(10)13)7-5-3-4-6-8-11/h13H,3-9H2,1-2H3. The van der Waals surface area contributed by atoms with Gasteiger partial charge in [0.25, 0.3) is 0 Å². The average Bonchev–Trinajstić information content (AvgIpc) is 2.36. The molecule has 3 nitrogen and oxygen atoms in total. The Labute approximate surface area is 86.0 Å². The SMILES string of the molecule is CC1(C)COC2(CCCCCC2)N1O. The van der Waals surface area contributed by atoms with Crippen LogP contribution in [0.2, 0.25) is 0 Å². The highest BCUT2D eigenvalue weighted by molar-refractivity contribution is 4.94. The Morgan fingerprint density at radius 1 is 1.07 bits per heavy atom. The number of rotatable bonds is 0. The van der Waals surface area contributed by atoms with Crippen molar-refractivity contribution in [2.45, 2.75) is 63.6 Å². The summed E-state index contributed by atoms with van der Waals surface area (Å²) in [6.45, 7) is 4.71. The Morgan fingerprint density at radius 3 is 2.07 bits per heavy atom. The largest absolute Gasteiger partial charge is 0.356 e. The summed E-state index contributed by atoms with van der Waals surface area (Å²) in [5.41, 5.74) is -0.579. The van der Waals surface area contributed by atoms with Gasteiger partial charge >= 0.3 is 0 Å². The molecule has 2 aliphatic rings.